The van der Waals surface area contributed by atoms with Gasteiger partial charge in [0.15, 0.2) is 0 Å². The van der Waals surface area contributed by atoms with E-state index in [0.29, 0.717) is 10.2 Å². The van der Waals surface area contributed by atoms with Crippen molar-refractivity contribution in [1.29, 1.82) is 0 Å². The predicted octanol–water partition coefficient (Wildman–Crippen LogP) is 3.52. The van der Waals surface area contributed by atoms with Crippen LogP contribution in [0.15, 0.2) is 47.6 Å². The Hall–Kier alpha value is -0.560. The first-order chi connectivity index (χ1) is 6.33. The lowest BCUT2D eigenvalue weighted by molar-refractivity contribution is 0.740. The highest BCUT2D eigenvalue weighted by molar-refractivity contribution is 9.09. The van der Waals surface area contributed by atoms with Crippen molar-refractivity contribution in [3.05, 3.63) is 47.6 Å². The number of allylic oxidation sites excluding steroid dienone is 8. The van der Waals surface area contributed by atoms with Gasteiger partial charge in [-0.25, -0.2) is 0 Å². The number of hydrogen-bond donors (Lipinski definition) is 0. The Morgan fingerprint density at radius 1 is 1.31 bits per heavy atom. The summed E-state index contributed by atoms with van der Waals surface area (Å²) in [6.07, 6.45) is 16.0. The van der Waals surface area contributed by atoms with Gasteiger partial charge in [0.05, 0.1) is 0 Å². The van der Waals surface area contributed by atoms with Crippen LogP contribution >= 0.6 is 15.9 Å². The Morgan fingerprint density at radius 2 is 2.23 bits per heavy atom. The van der Waals surface area contributed by atoms with Crippen LogP contribution in [0.2, 0.25) is 0 Å². The fourth-order valence-corrected chi connectivity index (χ4v) is 2.86. The molecule has 3 aliphatic carbocycles. The summed E-state index contributed by atoms with van der Waals surface area (Å²) in [5.41, 5.74) is 3.46. The molecule has 1 heteroatoms. The first-order valence-corrected chi connectivity index (χ1v) is 5.66. The molecule has 0 aliphatic heterocycles. The summed E-state index contributed by atoms with van der Waals surface area (Å²) in [6.45, 7) is 0. The third-order valence-corrected chi connectivity index (χ3v) is 3.79. The predicted molar refractivity (Wildman–Crippen MR) is 58.8 cm³/mol. The molecule has 2 unspecified atom stereocenters. The fraction of sp³-hybridized carbons (Fsp3) is 0.333. The highest BCUT2D eigenvalue weighted by atomic mass is 79.9. The van der Waals surface area contributed by atoms with E-state index in [1.165, 1.54) is 6.42 Å². The SMILES string of the molecule is BrC1C=C2C(=CC1)C21C=CC=CC1. The molecule has 1 saturated carbocycles. The third-order valence-electron chi connectivity index (χ3n) is 3.15. The van der Waals surface area contributed by atoms with Gasteiger partial charge >= 0.3 is 0 Å². The van der Waals surface area contributed by atoms with Crippen molar-refractivity contribution in [2.45, 2.75) is 17.7 Å². The summed E-state index contributed by atoms with van der Waals surface area (Å²) < 4.78 is 0. The first kappa shape index (κ1) is 7.81. The zero-order valence-electron chi connectivity index (χ0n) is 7.33. The summed E-state index contributed by atoms with van der Waals surface area (Å²) >= 11 is 3.64. The molecule has 0 N–H and O–H groups in total. The maximum Gasteiger partial charge on any atom is 0.0419 e. The molecule has 2 atom stereocenters. The smallest absolute Gasteiger partial charge is 0.0419 e. The zero-order valence-corrected chi connectivity index (χ0v) is 8.92. The normalized spacial score (nSPS) is 39.9. The number of hydrogen-bond acceptors (Lipinski definition) is 0. The second-order valence-corrected chi connectivity index (χ2v) is 5.09. The molecular formula is C12H11Br. The molecule has 0 bridgehead atoms. The molecule has 0 radical (unpaired) electrons. The molecule has 3 aliphatic rings. The summed E-state index contributed by atoms with van der Waals surface area (Å²) in [5.74, 6) is 0. The summed E-state index contributed by atoms with van der Waals surface area (Å²) in [5, 5.41) is 0. The number of alkyl halides is 1. The molecule has 0 heterocycles. The van der Waals surface area contributed by atoms with Crippen LogP contribution in [-0.4, -0.2) is 4.83 Å². The summed E-state index contributed by atoms with van der Waals surface area (Å²) in [4.78, 5) is 0.560. The highest BCUT2D eigenvalue weighted by Gasteiger charge is 2.52. The van der Waals surface area contributed by atoms with E-state index in [1.54, 1.807) is 11.1 Å². The van der Waals surface area contributed by atoms with E-state index in [9.17, 15) is 0 Å². The number of halogens is 1. The molecule has 1 spiro atoms. The molecule has 0 amide bonds. The van der Waals surface area contributed by atoms with Crippen LogP contribution in [0.4, 0.5) is 0 Å². The molecule has 1 fully saturated rings. The fourth-order valence-electron chi connectivity index (χ4n) is 2.41. The van der Waals surface area contributed by atoms with Crippen molar-refractivity contribution < 1.29 is 0 Å². The highest BCUT2D eigenvalue weighted by Crippen LogP contribution is 2.64. The minimum atomic E-state index is 0.331. The minimum absolute atomic E-state index is 0.331. The van der Waals surface area contributed by atoms with Crippen molar-refractivity contribution in [2.75, 3.05) is 0 Å². The Labute approximate surface area is 86.8 Å². The van der Waals surface area contributed by atoms with E-state index < -0.39 is 0 Å². The van der Waals surface area contributed by atoms with Crippen molar-refractivity contribution in [3.63, 3.8) is 0 Å². The van der Waals surface area contributed by atoms with E-state index in [2.05, 4.69) is 52.4 Å². The quantitative estimate of drug-likeness (QED) is 0.563. The van der Waals surface area contributed by atoms with Crippen molar-refractivity contribution in [3.8, 4) is 0 Å². The van der Waals surface area contributed by atoms with Gasteiger partial charge < -0.3 is 0 Å². The largest absolute Gasteiger partial charge is 0.0842 e. The van der Waals surface area contributed by atoms with Gasteiger partial charge in [0.2, 0.25) is 0 Å². The van der Waals surface area contributed by atoms with Crippen LogP contribution in [0, 0.1) is 5.41 Å². The second-order valence-electron chi connectivity index (χ2n) is 3.91. The van der Waals surface area contributed by atoms with Crippen molar-refractivity contribution >= 4 is 15.9 Å². The third kappa shape index (κ3) is 0.969. The molecule has 0 aromatic heterocycles. The number of fused-ring (bicyclic) bond motifs is 3. The van der Waals surface area contributed by atoms with Crippen LogP contribution in [0.3, 0.4) is 0 Å². The Kier molecular flexibility index (Phi) is 1.49. The molecule has 0 saturated heterocycles. The Bertz CT molecular complexity index is 371. The van der Waals surface area contributed by atoms with Gasteiger partial charge in [-0.05, 0) is 24.0 Å². The second kappa shape index (κ2) is 2.48. The van der Waals surface area contributed by atoms with Crippen LogP contribution in [0.1, 0.15) is 12.8 Å². The van der Waals surface area contributed by atoms with E-state index in [0.717, 1.165) is 6.42 Å². The van der Waals surface area contributed by atoms with Gasteiger partial charge in [-0.3, -0.25) is 0 Å². The minimum Gasteiger partial charge on any atom is -0.0842 e. The van der Waals surface area contributed by atoms with Crippen LogP contribution < -0.4 is 0 Å². The van der Waals surface area contributed by atoms with E-state index in [1.807, 2.05) is 0 Å². The van der Waals surface area contributed by atoms with Gasteiger partial charge in [0, 0.05) is 10.2 Å². The maximum atomic E-state index is 3.64. The van der Waals surface area contributed by atoms with Gasteiger partial charge in [-0.1, -0.05) is 52.4 Å². The molecule has 0 aromatic carbocycles. The monoisotopic (exact) mass is 234 g/mol. The van der Waals surface area contributed by atoms with Gasteiger partial charge in [-0.2, -0.15) is 0 Å². The summed E-state index contributed by atoms with van der Waals surface area (Å²) in [6, 6.07) is 0. The van der Waals surface area contributed by atoms with Crippen LogP contribution in [0.5, 0.6) is 0 Å². The van der Waals surface area contributed by atoms with E-state index >= 15 is 0 Å². The van der Waals surface area contributed by atoms with Crippen LogP contribution in [-0.2, 0) is 0 Å². The lowest BCUT2D eigenvalue weighted by atomic mass is 9.96. The van der Waals surface area contributed by atoms with Crippen molar-refractivity contribution in [2.24, 2.45) is 5.41 Å². The molecule has 0 aromatic rings. The maximum absolute atomic E-state index is 3.64. The molecule has 66 valence electrons. The van der Waals surface area contributed by atoms with E-state index in [-0.39, 0.29) is 0 Å². The van der Waals surface area contributed by atoms with Gasteiger partial charge in [0.25, 0.3) is 0 Å². The van der Waals surface area contributed by atoms with E-state index in [4.69, 9.17) is 0 Å². The Morgan fingerprint density at radius 3 is 2.92 bits per heavy atom. The molecular weight excluding hydrogens is 224 g/mol. The topological polar surface area (TPSA) is 0 Å². The standard InChI is InChI=1S/C12H11Br/c13-9-4-5-10-11(8-9)12(10)6-2-1-3-7-12/h1-3,5-6,8-9H,4,7H2. The lowest BCUT2D eigenvalue weighted by Crippen LogP contribution is -1.96. The van der Waals surface area contributed by atoms with Gasteiger partial charge in [0.1, 0.15) is 0 Å². The molecule has 0 nitrogen and oxygen atoms in total. The van der Waals surface area contributed by atoms with Crippen molar-refractivity contribution in [1.82, 2.24) is 0 Å². The van der Waals surface area contributed by atoms with Gasteiger partial charge in [-0.15, -0.1) is 0 Å². The average molecular weight is 235 g/mol. The van der Waals surface area contributed by atoms with Crippen LogP contribution in [0.25, 0.3) is 0 Å². The molecule has 3 rings (SSSR count). The molecule has 13 heavy (non-hydrogen) atoms. The zero-order chi connectivity index (χ0) is 8.89. The average Bonchev–Trinajstić information content (AvgIpc) is 2.74. The summed E-state index contributed by atoms with van der Waals surface area (Å²) in [7, 11) is 0. The first-order valence-electron chi connectivity index (χ1n) is 4.75. The Balaban J connectivity index is 2.02. The number of rotatable bonds is 0. The lowest BCUT2D eigenvalue weighted by Gasteiger charge is -2.07.